The maximum absolute atomic E-state index is 8.77. The van der Waals surface area contributed by atoms with E-state index in [2.05, 4.69) is 26.0 Å². The fourth-order valence-electron chi connectivity index (χ4n) is 3.21. The molecule has 0 saturated heterocycles. The Balaban J connectivity index is 1.95. The van der Waals surface area contributed by atoms with Crippen molar-refractivity contribution in [2.24, 2.45) is 23.2 Å². The van der Waals surface area contributed by atoms with E-state index < -0.39 is 0 Å². The highest BCUT2D eigenvalue weighted by atomic mass is 14.5. The van der Waals surface area contributed by atoms with E-state index in [9.17, 15) is 0 Å². The Kier molecular flexibility index (Phi) is 2.63. The number of fused-ring (bicyclic) bond motifs is 1. The van der Waals surface area contributed by atoms with Crippen molar-refractivity contribution >= 4 is 0 Å². The molecule has 15 heavy (non-hydrogen) atoms. The summed E-state index contributed by atoms with van der Waals surface area (Å²) in [5, 5.41) is 8.77. The van der Waals surface area contributed by atoms with E-state index in [1.807, 2.05) is 6.92 Å². The van der Waals surface area contributed by atoms with E-state index in [1.165, 1.54) is 12.8 Å². The molecule has 0 N–H and O–H groups in total. The summed E-state index contributed by atoms with van der Waals surface area (Å²) in [6.07, 6.45) is 7.32. The lowest BCUT2D eigenvalue weighted by Gasteiger charge is -2.56. The van der Waals surface area contributed by atoms with Gasteiger partial charge in [-0.25, -0.2) is 0 Å². The number of hydrogen-bond acceptors (Lipinski definition) is 1. The van der Waals surface area contributed by atoms with Crippen LogP contribution in [0.1, 0.15) is 46.5 Å². The highest BCUT2D eigenvalue weighted by Crippen LogP contribution is 2.59. The summed E-state index contributed by atoms with van der Waals surface area (Å²) in [5.41, 5.74) is 2.18. The largest absolute Gasteiger partial charge is 0.198 e. The summed E-state index contributed by atoms with van der Waals surface area (Å²) in [5.74, 6) is 1.97. The van der Waals surface area contributed by atoms with Crippen molar-refractivity contribution in [3.05, 3.63) is 11.6 Å². The van der Waals surface area contributed by atoms with Crippen LogP contribution in [0.3, 0.4) is 0 Å². The molecule has 0 spiro atoms. The molecule has 0 aromatic carbocycles. The van der Waals surface area contributed by atoms with Crippen LogP contribution < -0.4 is 0 Å². The number of rotatable bonds is 3. The first-order valence-electron chi connectivity index (χ1n) is 6.14. The van der Waals surface area contributed by atoms with Gasteiger partial charge < -0.3 is 0 Å². The molecular weight excluding hydrogens is 182 g/mol. The van der Waals surface area contributed by atoms with Crippen molar-refractivity contribution in [1.29, 1.82) is 5.26 Å². The maximum Gasteiger partial charge on any atom is 0.0652 e. The Hall–Kier alpha value is -0.770. The fourth-order valence-corrected chi connectivity index (χ4v) is 3.21. The summed E-state index contributed by atoms with van der Waals surface area (Å²) in [7, 11) is 0. The Labute approximate surface area is 93.2 Å². The minimum absolute atomic E-state index is 0.215. The third-order valence-electron chi connectivity index (χ3n) is 4.67. The highest BCUT2D eigenvalue weighted by molar-refractivity contribution is 5.23. The Morgan fingerprint density at radius 1 is 1.60 bits per heavy atom. The number of nitriles is 1. The molecule has 3 unspecified atom stereocenters. The molecule has 3 atom stereocenters. The molecule has 3 aliphatic rings. The van der Waals surface area contributed by atoms with E-state index >= 15 is 0 Å². The standard InChI is InChI=1S/C14H21N/c1-10(9-15)4-5-11-6-7-12-8-13(11)14(12,2)3/h6,10,12-13H,4-5,7-8H2,1-3H3. The van der Waals surface area contributed by atoms with Gasteiger partial charge in [0.05, 0.1) is 6.07 Å². The van der Waals surface area contributed by atoms with Gasteiger partial charge in [-0.3, -0.25) is 0 Å². The Bertz CT molecular complexity index is 319. The topological polar surface area (TPSA) is 23.8 Å². The van der Waals surface area contributed by atoms with Gasteiger partial charge >= 0.3 is 0 Å². The van der Waals surface area contributed by atoms with Crippen LogP contribution >= 0.6 is 0 Å². The molecule has 3 rings (SSSR count). The number of hydrogen-bond donors (Lipinski definition) is 0. The predicted molar refractivity (Wildman–Crippen MR) is 62.1 cm³/mol. The van der Waals surface area contributed by atoms with Gasteiger partial charge in [0.25, 0.3) is 0 Å². The number of allylic oxidation sites excluding steroid dienone is 2. The highest BCUT2D eigenvalue weighted by Gasteiger charge is 2.50. The summed E-state index contributed by atoms with van der Waals surface area (Å²) in [6, 6.07) is 2.33. The monoisotopic (exact) mass is 203 g/mol. The van der Waals surface area contributed by atoms with Crippen LogP contribution in [0.5, 0.6) is 0 Å². The minimum Gasteiger partial charge on any atom is -0.198 e. The zero-order chi connectivity index (χ0) is 11.1. The lowest BCUT2D eigenvalue weighted by atomic mass is 9.48. The fraction of sp³-hybridized carbons (Fsp3) is 0.786. The zero-order valence-corrected chi connectivity index (χ0v) is 10.1. The predicted octanol–water partition coefficient (Wildman–Crippen LogP) is 3.92. The van der Waals surface area contributed by atoms with Gasteiger partial charge in [0, 0.05) is 5.92 Å². The van der Waals surface area contributed by atoms with Gasteiger partial charge in [0.2, 0.25) is 0 Å². The molecule has 0 aromatic heterocycles. The first kappa shape index (κ1) is 10.7. The van der Waals surface area contributed by atoms with Crippen molar-refractivity contribution in [2.75, 3.05) is 0 Å². The van der Waals surface area contributed by atoms with Crippen LogP contribution in [-0.4, -0.2) is 0 Å². The average Bonchev–Trinajstić information content (AvgIpc) is 2.25. The molecular formula is C14H21N. The van der Waals surface area contributed by atoms with Gasteiger partial charge in [0.15, 0.2) is 0 Å². The number of nitrogens with zero attached hydrogens (tertiary/aromatic N) is 1. The van der Waals surface area contributed by atoms with Crippen molar-refractivity contribution in [3.63, 3.8) is 0 Å². The van der Waals surface area contributed by atoms with Crippen LogP contribution in [0.25, 0.3) is 0 Å². The van der Waals surface area contributed by atoms with Crippen LogP contribution in [-0.2, 0) is 0 Å². The molecule has 0 aliphatic heterocycles. The van der Waals surface area contributed by atoms with E-state index in [1.54, 1.807) is 5.57 Å². The van der Waals surface area contributed by atoms with Crippen molar-refractivity contribution in [2.45, 2.75) is 46.5 Å². The zero-order valence-electron chi connectivity index (χ0n) is 10.1. The first-order valence-corrected chi connectivity index (χ1v) is 6.14. The van der Waals surface area contributed by atoms with Crippen LogP contribution in [0.4, 0.5) is 0 Å². The summed E-state index contributed by atoms with van der Waals surface area (Å²) in [6.45, 7) is 6.84. The van der Waals surface area contributed by atoms with Gasteiger partial charge in [-0.1, -0.05) is 25.5 Å². The van der Waals surface area contributed by atoms with Gasteiger partial charge in [-0.15, -0.1) is 0 Å². The van der Waals surface area contributed by atoms with E-state index in [4.69, 9.17) is 5.26 Å². The van der Waals surface area contributed by atoms with Gasteiger partial charge in [-0.2, -0.15) is 5.26 Å². The molecule has 1 saturated carbocycles. The molecule has 2 bridgehead atoms. The molecule has 3 aliphatic carbocycles. The van der Waals surface area contributed by atoms with Crippen LogP contribution in [0.15, 0.2) is 11.6 Å². The van der Waals surface area contributed by atoms with Crippen LogP contribution in [0.2, 0.25) is 0 Å². The summed E-state index contributed by atoms with van der Waals surface area (Å²) >= 11 is 0. The van der Waals surface area contributed by atoms with E-state index in [0.29, 0.717) is 5.41 Å². The SMILES string of the molecule is CC(C#N)CCC1=CCC2CC1C2(C)C. The third kappa shape index (κ3) is 1.71. The molecule has 1 fully saturated rings. The quantitative estimate of drug-likeness (QED) is 0.638. The molecule has 0 aromatic rings. The van der Waals surface area contributed by atoms with Crippen molar-refractivity contribution < 1.29 is 0 Å². The lowest BCUT2D eigenvalue weighted by molar-refractivity contribution is -0.00851. The molecule has 1 heteroatoms. The molecule has 1 nitrogen and oxygen atoms in total. The summed E-state index contributed by atoms with van der Waals surface area (Å²) < 4.78 is 0. The second kappa shape index (κ2) is 3.67. The van der Waals surface area contributed by atoms with E-state index in [-0.39, 0.29) is 5.92 Å². The third-order valence-corrected chi connectivity index (χ3v) is 4.67. The minimum atomic E-state index is 0.215. The normalized spacial score (nSPS) is 33.6. The molecule has 82 valence electrons. The van der Waals surface area contributed by atoms with E-state index in [0.717, 1.165) is 24.7 Å². The smallest absolute Gasteiger partial charge is 0.0652 e. The summed E-state index contributed by atoms with van der Waals surface area (Å²) in [4.78, 5) is 0. The first-order chi connectivity index (χ1) is 7.05. The Morgan fingerprint density at radius 2 is 2.33 bits per heavy atom. The maximum atomic E-state index is 8.77. The average molecular weight is 203 g/mol. The lowest BCUT2D eigenvalue weighted by Crippen LogP contribution is -2.48. The van der Waals surface area contributed by atoms with Gasteiger partial charge in [-0.05, 0) is 49.9 Å². The van der Waals surface area contributed by atoms with Gasteiger partial charge in [0.1, 0.15) is 0 Å². The van der Waals surface area contributed by atoms with Crippen molar-refractivity contribution in [1.82, 2.24) is 0 Å². The second-order valence-electron chi connectivity index (χ2n) is 5.89. The van der Waals surface area contributed by atoms with Crippen LogP contribution in [0, 0.1) is 34.5 Å². The Morgan fingerprint density at radius 3 is 2.87 bits per heavy atom. The molecule has 0 heterocycles. The molecule has 0 radical (unpaired) electrons. The molecule has 0 amide bonds. The second-order valence-corrected chi connectivity index (χ2v) is 5.89. The van der Waals surface area contributed by atoms with Crippen molar-refractivity contribution in [3.8, 4) is 6.07 Å².